The Kier molecular flexibility index (Phi) is 5.33. The van der Waals surface area contributed by atoms with Gasteiger partial charge in [-0.1, -0.05) is 47.6 Å². The second-order valence-corrected chi connectivity index (χ2v) is 6.52. The van der Waals surface area contributed by atoms with Crippen LogP contribution in [0, 0.1) is 6.92 Å². The number of nitrogens with zero attached hydrogens (tertiary/aromatic N) is 2. The molecule has 0 aliphatic rings. The van der Waals surface area contributed by atoms with E-state index in [1.807, 2.05) is 73.7 Å². The zero-order valence-electron chi connectivity index (χ0n) is 15.8. The van der Waals surface area contributed by atoms with Crippen LogP contribution in [0.15, 0.2) is 83.4 Å². The Bertz CT molecular complexity index is 1110. The summed E-state index contributed by atoms with van der Waals surface area (Å²) in [5.74, 6) is 1.39. The molecule has 0 fully saturated rings. The summed E-state index contributed by atoms with van der Waals surface area (Å²) in [6, 6.07) is 24.4. The largest absolute Gasteiger partial charge is 0.484 e. The van der Waals surface area contributed by atoms with Crippen molar-refractivity contribution in [1.82, 2.24) is 10.1 Å². The standard InChI is InChI=1S/C23H19N3O3/c1-16-6-5-9-20(14-16)28-15-21(27)24-19-12-10-18(11-13-19)23-25-22(26-29-23)17-7-3-2-4-8-17/h2-14H,15H2,1H3,(H,24,27). The fourth-order valence-electron chi connectivity index (χ4n) is 2.79. The van der Waals surface area contributed by atoms with Crippen LogP contribution in [0.2, 0.25) is 0 Å². The first-order valence-corrected chi connectivity index (χ1v) is 9.16. The number of hydrogen-bond donors (Lipinski definition) is 1. The highest BCUT2D eigenvalue weighted by atomic mass is 16.5. The summed E-state index contributed by atoms with van der Waals surface area (Å²) in [6.07, 6.45) is 0. The van der Waals surface area contributed by atoms with E-state index >= 15 is 0 Å². The maximum Gasteiger partial charge on any atom is 0.262 e. The van der Waals surface area contributed by atoms with E-state index in [2.05, 4.69) is 15.5 Å². The van der Waals surface area contributed by atoms with Gasteiger partial charge in [0.1, 0.15) is 5.75 Å². The fraction of sp³-hybridized carbons (Fsp3) is 0.0870. The first kappa shape index (κ1) is 18.4. The van der Waals surface area contributed by atoms with Crippen molar-refractivity contribution in [2.45, 2.75) is 6.92 Å². The van der Waals surface area contributed by atoms with E-state index in [0.717, 1.165) is 16.7 Å². The van der Waals surface area contributed by atoms with Gasteiger partial charge in [-0.2, -0.15) is 4.98 Å². The first-order chi connectivity index (χ1) is 14.2. The molecular formula is C23H19N3O3. The molecule has 6 heteroatoms. The van der Waals surface area contributed by atoms with Crippen LogP contribution in [0.3, 0.4) is 0 Å². The zero-order valence-corrected chi connectivity index (χ0v) is 15.8. The van der Waals surface area contributed by atoms with Gasteiger partial charge in [0.05, 0.1) is 0 Å². The number of carbonyl (C=O) groups excluding carboxylic acids is 1. The number of carbonyl (C=O) groups is 1. The molecule has 4 rings (SSSR count). The number of hydrogen-bond acceptors (Lipinski definition) is 5. The molecule has 0 spiro atoms. The third-order valence-corrected chi connectivity index (χ3v) is 4.23. The van der Waals surface area contributed by atoms with Crippen molar-refractivity contribution in [1.29, 1.82) is 0 Å². The van der Waals surface area contributed by atoms with Gasteiger partial charge in [-0.3, -0.25) is 4.79 Å². The molecule has 144 valence electrons. The molecule has 0 aliphatic carbocycles. The Balaban J connectivity index is 1.37. The van der Waals surface area contributed by atoms with Gasteiger partial charge in [0.2, 0.25) is 5.82 Å². The van der Waals surface area contributed by atoms with E-state index in [9.17, 15) is 4.79 Å². The summed E-state index contributed by atoms with van der Waals surface area (Å²) in [5, 5.41) is 6.83. The van der Waals surface area contributed by atoms with Crippen molar-refractivity contribution in [2.75, 3.05) is 11.9 Å². The summed E-state index contributed by atoms with van der Waals surface area (Å²) in [4.78, 5) is 16.5. The Morgan fingerprint density at radius 3 is 2.52 bits per heavy atom. The van der Waals surface area contributed by atoms with Crippen molar-refractivity contribution in [3.8, 4) is 28.6 Å². The Morgan fingerprint density at radius 1 is 0.966 bits per heavy atom. The van der Waals surface area contributed by atoms with Crippen LogP contribution in [0.25, 0.3) is 22.8 Å². The Hall–Kier alpha value is -3.93. The number of anilines is 1. The average Bonchev–Trinajstić information content (AvgIpc) is 3.24. The number of amides is 1. The first-order valence-electron chi connectivity index (χ1n) is 9.16. The number of rotatable bonds is 6. The summed E-state index contributed by atoms with van der Waals surface area (Å²) in [5.41, 5.74) is 3.40. The van der Waals surface area contributed by atoms with Crippen LogP contribution >= 0.6 is 0 Å². The summed E-state index contributed by atoms with van der Waals surface area (Å²) >= 11 is 0. The van der Waals surface area contributed by atoms with Gasteiger partial charge in [-0.25, -0.2) is 0 Å². The molecule has 0 saturated heterocycles. The van der Waals surface area contributed by atoms with Crippen LogP contribution in [-0.2, 0) is 4.79 Å². The number of aryl methyl sites for hydroxylation is 1. The lowest BCUT2D eigenvalue weighted by Crippen LogP contribution is -2.20. The molecule has 0 atom stereocenters. The number of benzene rings is 3. The lowest BCUT2D eigenvalue weighted by Gasteiger charge is -2.08. The number of ether oxygens (including phenoxy) is 1. The summed E-state index contributed by atoms with van der Waals surface area (Å²) < 4.78 is 10.9. The maximum absolute atomic E-state index is 12.1. The lowest BCUT2D eigenvalue weighted by molar-refractivity contribution is -0.118. The smallest absolute Gasteiger partial charge is 0.262 e. The minimum absolute atomic E-state index is 0.0602. The summed E-state index contributed by atoms with van der Waals surface area (Å²) in [6.45, 7) is 1.91. The fourth-order valence-corrected chi connectivity index (χ4v) is 2.79. The van der Waals surface area contributed by atoms with Crippen LogP contribution < -0.4 is 10.1 Å². The van der Waals surface area contributed by atoms with Crippen molar-refractivity contribution >= 4 is 11.6 Å². The van der Waals surface area contributed by atoms with Crippen molar-refractivity contribution < 1.29 is 14.1 Å². The van der Waals surface area contributed by atoms with Crippen LogP contribution in [0.4, 0.5) is 5.69 Å². The van der Waals surface area contributed by atoms with Gasteiger partial charge in [0.15, 0.2) is 6.61 Å². The van der Waals surface area contributed by atoms with E-state index in [0.29, 0.717) is 23.2 Å². The molecule has 3 aromatic carbocycles. The van der Waals surface area contributed by atoms with Crippen molar-refractivity contribution in [3.63, 3.8) is 0 Å². The lowest BCUT2D eigenvalue weighted by atomic mass is 10.2. The molecule has 0 unspecified atom stereocenters. The quantitative estimate of drug-likeness (QED) is 0.519. The average molecular weight is 385 g/mol. The normalized spacial score (nSPS) is 10.5. The monoisotopic (exact) mass is 385 g/mol. The predicted molar refractivity (Wildman–Crippen MR) is 110 cm³/mol. The predicted octanol–water partition coefficient (Wildman–Crippen LogP) is 4.73. The van der Waals surface area contributed by atoms with E-state index < -0.39 is 0 Å². The topological polar surface area (TPSA) is 77.2 Å². The van der Waals surface area contributed by atoms with Crippen LogP contribution in [-0.4, -0.2) is 22.7 Å². The second kappa shape index (κ2) is 8.39. The van der Waals surface area contributed by atoms with E-state index in [1.165, 1.54) is 0 Å². The molecule has 1 aromatic heterocycles. The number of aromatic nitrogens is 2. The SMILES string of the molecule is Cc1cccc(OCC(=O)Nc2ccc(-c3nc(-c4ccccc4)no3)cc2)c1. The summed E-state index contributed by atoms with van der Waals surface area (Å²) in [7, 11) is 0. The molecule has 1 amide bonds. The molecule has 0 bridgehead atoms. The molecule has 0 saturated carbocycles. The highest BCUT2D eigenvalue weighted by Gasteiger charge is 2.11. The minimum Gasteiger partial charge on any atom is -0.484 e. The third-order valence-electron chi connectivity index (χ3n) is 4.23. The molecule has 1 N–H and O–H groups in total. The third kappa shape index (κ3) is 4.68. The van der Waals surface area contributed by atoms with Crippen molar-refractivity contribution in [3.05, 3.63) is 84.4 Å². The zero-order chi connectivity index (χ0) is 20.1. The molecule has 6 nitrogen and oxygen atoms in total. The van der Waals surface area contributed by atoms with Gasteiger partial charge >= 0.3 is 0 Å². The van der Waals surface area contributed by atoms with Crippen molar-refractivity contribution in [2.24, 2.45) is 0 Å². The van der Waals surface area contributed by atoms with E-state index in [1.54, 1.807) is 12.1 Å². The molecular weight excluding hydrogens is 366 g/mol. The van der Waals surface area contributed by atoms with Gasteiger partial charge < -0.3 is 14.6 Å². The van der Waals surface area contributed by atoms with E-state index in [4.69, 9.17) is 9.26 Å². The van der Waals surface area contributed by atoms with Gasteiger partial charge in [0.25, 0.3) is 11.8 Å². The Morgan fingerprint density at radius 2 is 1.76 bits per heavy atom. The van der Waals surface area contributed by atoms with E-state index in [-0.39, 0.29) is 12.5 Å². The minimum atomic E-state index is -0.233. The molecule has 29 heavy (non-hydrogen) atoms. The molecule has 0 aliphatic heterocycles. The van der Waals surface area contributed by atoms with Gasteiger partial charge in [-0.05, 0) is 48.9 Å². The second-order valence-electron chi connectivity index (χ2n) is 6.52. The molecule has 4 aromatic rings. The highest BCUT2D eigenvalue weighted by molar-refractivity contribution is 5.92. The molecule has 1 heterocycles. The Labute approximate surface area is 168 Å². The van der Waals surface area contributed by atoms with Crippen LogP contribution in [0.1, 0.15) is 5.56 Å². The number of nitrogens with one attached hydrogen (secondary N) is 1. The molecule has 0 radical (unpaired) electrons. The van der Waals surface area contributed by atoms with Gasteiger partial charge in [-0.15, -0.1) is 0 Å². The van der Waals surface area contributed by atoms with Crippen LogP contribution in [0.5, 0.6) is 5.75 Å². The maximum atomic E-state index is 12.1. The van der Waals surface area contributed by atoms with Gasteiger partial charge in [0, 0.05) is 16.8 Å². The highest BCUT2D eigenvalue weighted by Crippen LogP contribution is 2.23.